The van der Waals surface area contributed by atoms with Gasteiger partial charge in [-0.1, -0.05) is 0 Å². The lowest BCUT2D eigenvalue weighted by Gasteiger charge is -2.31. The van der Waals surface area contributed by atoms with Crippen LogP contribution in [0.3, 0.4) is 0 Å². The number of nitrogens with one attached hydrogen (secondary N) is 2. The van der Waals surface area contributed by atoms with Gasteiger partial charge in [0.25, 0.3) is 5.91 Å². The van der Waals surface area contributed by atoms with Gasteiger partial charge in [-0.3, -0.25) is 29.9 Å². The number of amidine groups is 1. The first-order valence-corrected chi connectivity index (χ1v) is 11.3. The second-order valence-corrected chi connectivity index (χ2v) is 8.69. The standard InChI is InChI=1S/C21H23F3N8O3S/c1-31-6-8-32(9-7-31)12-17(33)29-14-10-13(2-3-16(14)35-21(22,23)24)19(34)30-20(26)36-18(25)15-11-27-4-5-28-15/h2-5,10-11,25H,6-9,12H2,1H3,(H,29,33)(H2,26,30,34). The number of carbonyl (C=O) groups is 2. The smallest absolute Gasteiger partial charge is 0.404 e. The van der Waals surface area contributed by atoms with Crippen molar-refractivity contribution in [3.8, 4) is 5.75 Å². The van der Waals surface area contributed by atoms with Crippen LogP contribution in [0.1, 0.15) is 16.1 Å². The molecule has 0 spiro atoms. The maximum absolute atomic E-state index is 12.9. The van der Waals surface area contributed by atoms with Crippen molar-refractivity contribution in [3.63, 3.8) is 0 Å². The van der Waals surface area contributed by atoms with E-state index in [1.54, 1.807) is 0 Å². The van der Waals surface area contributed by atoms with Gasteiger partial charge in [0, 0.05) is 44.1 Å². The minimum absolute atomic E-state index is 0.0380. The molecule has 1 aromatic carbocycles. The molecule has 1 fully saturated rings. The van der Waals surface area contributed by atoms with E-state index in [0.29, 0.717) is 24.9 Å². The average Bonchev–Trinajstić information content (AvgIpc) is 2.81. The van der Waals surface area contributed by atoms with Gasteiger partial charge in [0.15, 0.2) is 10.9 Å². The van der Waals surface area contributed by atoms with Gasteiger partial charge in [-0.15, -0.1) is 13.2 Å². The lowest BCUT2D eigenvalue weighted by atomic mass is 10.1. The number of thioether (sulfide) groups is 1. The Labute approximate surface area is 208 Å². The van der Waals surface area contributed by atoms with Crippen LogP contribution < -0.4 is 15.8 Å². The van der Waals surface area contributed by atoms with Gasteiger partial charge in [-0.25, -0.2) is 0 Å². The van der Waals surface area contributed by atoms with Crippen LogP contribution >= 0.6 is 11.8 Å². The van der Waals surface area contributed by atoms with E-state index in [-0.39, 0.29) is 33.7 Å². The van der Waals surface area contributed by atoms with Gasteiger partial charge in [-0.2, -0.15) is 4.99 Å². The van der Waals surface area contributed by atoms with Crippen molar-refractivity contribution in [2.24, 2.45) is 10.7 Å². The first-order valence-electron chi connectivity index (χ1n) is 10.5. The zero-order valence-electron chi connectivity index (χ0n) is 19.1. The van der Waals surface area contributed by atoms with Crippen molar-refractivity contribution in [2.75, 3.05) is 45.1 Å². The van der Waals surface area contributed by atoms with Crippen LogP contribution in [0.5, 0.6) is 5.75 Å². The molecule has 36 heavy (non-hydrogen) atoms. The van der Waals surface area contributed by atoms with E-state index in [1.807, 2.05) is 11.9 Å². The fourth-order valence-corrected chi connectivity index (χ4v) is 3.68. The molecular formula is C21H23F3N8O3S. The summed E-state index contributed by atoms with van der Waals surface area (Å²) in [4.78, 5) is 40.5. The van der Waals surface area contributed by atoms with Crippen molar-refractivity contribution in [1.82, 2.24) is 19.8 Å². The summed E-state index contributed by atoms with van der Waals surface area (Å²) >= 11 is 0.657. The summed E-state index contributed by atoms with van der Waals surface area (Å²) in [5.41, 5.74) is 5.48. The molecule has 11 nitrogen and oxygen atoms in total. The molecule has 0 radical (unpaired) electrons. The van der Waals surface area contributed by atoms with E-state index in [0.717, 1.165) is 31.3 Å². The average molecular weight is 525 g/mol. The van der Waals surface area contributed by atoms with Crippen LogP contribution in [-0.2, 0) is 4.79 Å². The first-order chi connectivity index (χ1) is 17.0. The number of aliphatic imine (C=N–C) groups is 1. The monoisotopic (exact) mass is 524 g/mol. The fraction of sp³-hybridized carbons (Fsp3) is 0.333. The van der Waals surface area contributed by atoms with Gasteiger partial charge >= 0.3 is 6.36 Å². The molecule has 0 atom stereocenters. The normalized spacial score (nSPS) is 15.4. The number of aromatic nitrogens is 2. The third-order valence-corrected chi connectivity index (χ3v) is 5.62. The summed E-state index contributed by atoms with van der Waals surface area (Å²) in [5.74, 6) is -2.13. The Hall–Kier alpha value is -3.56. The number of rotatable bonds is 6. The molecule has 1 saturated heterocycles. The van der Waals surface area contributed by atoms with Gasteiger partial charge in [0.05, 0.1) is 18.4 Å². The molecule has 0 bridgehead atoms. The molecule has 0 aliphatic carbocycles. The lowest BCUT2D eigenvalue weighted by Crippen LogP contribution is -2.47. The van der Waals surface area contributed by atoms with Crippen LogP contribution in [-0.4, -0.2) is 87.9 Å². The summed E-state index contributed by atoms with van der Waals surface area (Å²) in [6.45, 7) is 2.73. The molecule has 192 valence electrons. The number of ether oxygens (including phenoxy) is 1. The number of alkyl halides is 3. The quantitative estimate of drug-likeness (QED) is 0.380. The first kappa shape index (κ1) is 27.0. The number of hydrogen-bond donors (Lipinski definition) is 3. The molecular weight excluding hydrogens is 501 g/mol. The van der Waals surface area contributed by atoms with Crippen molar-refractivity contribution in [2.45, 2.75) is 6.36 Å². The Kier molecular flexibility index (Phi) is 8.95. The minimum Gasteiger partial charge on any atom is -0.404 e. The Bertz CT molecular complexity index is 1140. The van der Waals surface area contributed by atoms with Crippen LogP contribution in [0.15, 0.2) is 41.8 Å². The Balaban J connectivity index is 1.74. The topological polar surface area (TPSA) is 150 Å². The molecule has 4 N–H and O–H groups in total. The molecule has 1 aliphatic heterocycles. The molecule has 2 amide bonds. The molecule has 2 aromatic rings. The molecule has 2 heterocycles. The third kappa shape index (κ3) is 8.28. The number of piperazine rings is 1. The van der Waals surface area contributed by atoms with Crippen molar-refractivity contribution in [1.29, 1.82) is 5.41 Å². The van der Waals surface area contributed by atoms with E-state index in [9.17, 15) is 22.8 Å². The molecule has 3 rings (SSSR count). The number of likely N-dealkylation sites (N-methyl/N-ethyl adjacent to an activating group) is 1. The number of nitrogens with two attached hydrogens (primary N) is 1. The Morgan fingerprint density at radius 1 is 1.25 bits per heavy atom. The van der Waals surface area contributed by atoms with Gasteiger partial charge in [0.1, 0.15) is 10.7 Å². The van der Waals surface area contributed by atoms with Gasteiger partial charge < -0.3 is 20.7 Å². The number of hydrogen-bond acceptors (Lipinski definition) is 9. The van der Waals surface area contributed by atoms with E-state index in [1.165, 1.54) is 18.6 Å². The molecule has 0 saturated carbocycles. The minimum atomic E-state index is -5.01. The number of benzene rings is 1. The molecule has 15 heteroatoms. The van der Waals surface area contributed by atoms with Gasteiger partial charge in [-0.05, 0) is 37.0 Å². The van der Waals surface area contributed by atoms with E-state index >= 15 is 0 Å². The highest BCUT2D eigenvalue weighted by Gasteiger charge is 2.32. The highest BCUT2D eigenvalue weighted by molar-refractivity contribution is 8.26. The fourth-order valence-electron chi connectivity index (χ4n) is 3.13. The summed E-state index contributed by atoms with van der Waals surface area (Å²) in [6, 6.07) is 3.00. The van der Waals surface area contributed by atoms with E-state index < -0.39 is 23.9 Å². The van der Waals surface area contributed by atoms with Crippen LogP contribution in [0.2, 0.25) is 0 Å². The summed E-state index contributed by atoms with van der Waals surface area (Å²) in [5, 5.41) is 9.95. The number of anilines is 1. The predicted octanol–water partition coefficient (Wildman–Crippen LogP) is 1.77. The Morgan fingerprint density at radius 3 is 2.61 bits per heavy atom. The summed E-state index contributed by atoms with van der Waals surface area (Å²) in [6.07, 6.45) is -0.869. The number of amides is 2. The number of carbonyl (C=O) groups excluding carboxylic acids is 2. The largest absolute Gasteiger partial charge is 0.573 e. The van der Waals surface area contributed by atoms with Crippen LogP contribution in [0, 0.1) is 5.41 Å². The third-order valence-electron chi connectivity index (χ3n) is 4.90. The summed E-state index contributed by atoms with van der Waals surface area (Å²) in [7, 11) is 1.95. The lowest BCUT2D eigenvalue weighted by molar-refractivity contribution is -0.274. The van der Waals surface area contributed by atoms with Crippen LogP contribution in [0.25, 0.3) is 0 Å². The van der Waals surface area contributed by atoms with Crippen molar-refractivity contribution in [3.05, 3.63) is 48.0 Å². The van der Waals surface area contributed by atoms with E-state index in [2.05, 4.69) is 29.9 Å². The summed E-state index contributed by atoms with van der Waals surface area (Å²) < 4.78 is 42.6. The van der Waals surface area contributed by atoms with Gasteiger partial charge in [0.2, 0.25) is 5.91 Å². The SMILES string of the molecule is CN1CCN(CC(=O)Nc2cc(C(=O)N=C(N)SC(=N)c3cnccn3)ccc2OC(F)(F)F)CC1. The molecule has 0 unspecified atom stereocenters. The maximum atomic E-state index is 12.9. The zero-order chi connectivity index (χ0) is 26.3. The number of halogens is 3. The molecule has 1 aliphatic rings. The highest BCUT2D eigenvalue weighted by Crippen LogP contribution is 2.31. The van der Waals surface area contributed by atoms with Crippen LogP contribution in [0.4, 0.5) is 18.9 Å². The zero-order valence-corrected chi connectivity index (χ0v) is 19.9. The second kappa shape index (κ2) is 11.9. The maximum Gasteiger partial charge on any atom is 0.573 e. The Morgan fingerprint density at radius 2 is 1.97 bits per heavy atom. The highest BCUT2D eigenvalue weighted by atomic mass is 32.2. The van der Waals surface area contributed by atoms with Crippen molar-refractivity contribution >= 4 is 39.5 Å². The van der Waals surface area contributed by atoms with Crippen molar-refractivity contribution < 1.29 is 27.5 Å². The predicted molar refractivity (Wildman–Crippen MR) is 128 cm³/mol. The van der Waals surface area contributed by atoms with E-state index in [4.69, 9.17) is 11.1 Å². The second-order valence-electron chi connectivity index (χ2n) is 7.66. The molecule has 1 aromatic heterocycles. The number of nitrogens with zero attached hydrogens (tertiary/aromatic N) is 5.